The molecule has 4 aromatic rings. The molecule has 0 atom stereocenters. The maximum absolute atomic E-state index is 4.80. The second kappa shape index (κ2) is 6.25. The minimum absolute atomic E-state index is 0.924. The zero-order valence-corrected chi connectivity index (χ0v) is 15.5. The third-order valence-electron chi connectivity index (χ3n) is 4.91. The Hall–Kier alpha value is -2.67. The topological polar surface area (TPSA) is 49.6 Å². The summed E-state index contributed by atoms with van der Waals surface area (Å²) in [5.41, 5.74) is 3.13. The van der Waals surface area contributed by atoms with Gasteiger partial charge in [-0.2, -0.15) is 9.61 Å². The van der Waals surface area contributed by atoms with E-state index >= 15 is 0 Å². The van der Waals surface area contributed by atoms with Crippen molar-refractivity contribution in [1.29, 1.82) is 0 Å². The van der Waals surface area contributed by atoms with Crippen LogP contribution in [0.1, 0.15) is 12.6 Å². The maximum Gasteiger partial charge on any atom is 0.186 e. The highest BCUT2D eigenvalue weighted by atomic mass is 32.1. The van der Waals surface area contributed by atoms with Gasteiger partial charge in [0.15, 0.2) is 10.8 Å². The van der Waals surface area contributed by atoms with E-state index in [4.69, 9.17) is 4.98 Å². The molecule has 0 saturated carbocycles. The smallest absolute Gasteiger partial charge is 0.186 e. The summed E-state index contributed by atoms with van der Waals surface area (Å²) in [6, 6.07) is 12.5. The second-order valence-corrected chi connectivity index (χ2v) is 7.51. The van der Waals surface area contributed by atoms with Gasteiger partial charge in [0, 0.05) is 44.0 Å². The van der Waals surface area contributed by atoms with E-state index in [1.807, 2.05) is 22.8 Å². The molecular formula is C19H20N6S. The zero-order valence-electron chi connectivity index (χ0n) is 14.7. The number of piperazine rings is 1. The molecule has 5 rings (SSSR count). The van der Waals surface area contributed by atoms with Gasteiger partial charge in [-0.25, -0.2) is 9.97 Å². The molecule has 4 heterocycles. The van der Waals surface area contributed by atoms with Crippen molar-refractivity contribution in [3.05, 3.63) is 48.3 Å². The summed E-state index contributed by atoms with van der Waals surface area (Å²) in [4.78, 5) is 14.3. The molecule has 0 spiro atoms. The number of benzene rings is 1. The predicted molar refractivity (Wildman–Crippen MR) is 106 cm³/mol. The lowest BCUT2D eigenvalue weighted by molar-refractivity contribution is 0.637. The minimum atomic E-state index is 0.924. The number of hydrogen-bond acceptors (Lipinski definition) is 6. The Balaban J connectivity index is 1.39. The van der Waals surface area contributed by atoms with E-state index in [0.29, 0.717) is 0 Å². The molecule has 0 bridgehead atoms. The fraction of sp³-hybridized carbons (Fsp3) is 0.316. The molecule has 3 aromatic heterocycles. The van der Waals surface area contributed by atoms with Gasteiger partial charge in [-0.1, -0.05) is 30.4 Å². The van der Waals surface area contributed by atoms with E-state index in [1.165, 1.54) is 4.70 Å². The molecule has 1 aromatic carbocycles. The summed E-state index contributed by atoms with van der Waals surface area (Å²) < 4.78 is 3.21. The van der Waals surface area contributed by atoms with Crippen LogP contribution in [0.25, 0.3) is 15.9 Å². The molecule has 1 aliphatic rings. The predicted octanol–water partition coefficient (Wildman–Crippen LogP) is 3.23. The van der Waals surface area contributed by atoms with Crippen LogP contribution in [-0.2, 0) is 6.42 Å². The number of hydrogen-bond donors (Lipinski definition) is 0. The summed E-state index contributed by atoms with van der Waals surface area (Å²) in [5.74, 6) is 1.14. The number of aromatic nitrogens is 4. The standard InChI is InChI=1S/C19H20N6S/c1-2-14-13-18(25-17(21-14)7-8-20-25)23-9-11-24(12-10-23)19-22-15-5-3-4-6-16(15)26-19/h3-8,13H,2,9-12H2,1H3. The van der Waals surface area contributed by atoms with Crippen LogP contribution in [0.5, 0.6) is 0 Å². The Morgan fingerprint density at radius 2 is 1.81 bits per heavy atom. The Bertz CT molecular complexity index is 1030. The molecule has 0 unspecified atom stereocenters. The molecule has 0 aliphatic carbocycles. The number of fused-ring (bicyclic) bond motifs is 2. The lowest BCUT2D eigenvalue weighted by Gasteiger charge is -2.35. The van der Waals surface area contributed by atoms with Crippen molar-refractivity contribution >= 4 is 38.2 Å². The van der Waals surface area contributed by atoms with E-state index in [9.17, 15) is 0 Å². The Morgan fingerprint density at radius 1 is 1.00 bits per heavy atom. The molecule has 7 heteroatoms. The summed E-state index contributed by atoms with van der Waals surface area (Å²) in [7, 11) is 0. The molecule has 1 aliphatic heterocycles. The molecular weight excluding hydrogens is 344 g/mol. The molecule has 1 fully saturated rings. The van der Waals surface area contributed by atoms with Crippen LogP contribution in [0.4, 0.5) is 10.9 Å². The number of aryl methyl sites for hydroxylation is 1. The van der Waals surface area contributed by atoms with Gasteiger partial charge in [-0.15, -0.1) is 0 Å². The highest BCUT2D eigenvalue weighted by molar-refractivity contribution is 7.22. The van der Waals surface area contributed by atoms with Gasteiger partial charge in [-0.3, -0.25) is 0 Å². The largest absolute Gasteiger partial charge is 0.353 e. The average Bonchev–Trinajstić information content (AvgIpc) is 3.34. The first-order valence-corrected chi connectivity index (χ1v) is 9.82. The minimum Gasteiger partial charge on any atom is -0.353 e. The van der Waals surface area contributed by atoms with Crippen molar-refractivity contribution in [2.75, 3.05) is 36.0 Å². The van der Waals surface area contributed by atoms with Crippen LogP contribution in [-0.4, -0.2) is 45.8 Å². The van der Waals surface area contributed by atoms with Crippen molar-refractivity contribution in [3.8, 4) is 0 Å². The van der Waals surface area contributed by atoms with Gasteiger partial charge < -0.3 is 9.80 Å². The van der Waals surface area contributed by atoms with Crippen LogP contribution < -0.4 is 9.80 Å². The summed E-state index contributed by atoms with van der Waals surface area (Å²) in [6.07, 6.45) is 2.75. The average molecular weight is 364 g/mol. The fourth-order valence-corrected chi connectivity index (χ4v) is 4.49. The third kappa shape index (κ3) is 2.59. The van der Waals surface area contributed by atoms with E-state index in [2.05, 4.69) is 51.1 Å². The van der Waals surface area contributed by atoms with Crippen molar-refractivity contribution in [2.24, 2.45) is 0 Å². The first kappa shape index (κ1) is 15.6. The third-order valence-corrected chi connectivity index (χ3v) is 6.01. The summed E-state index contributed by atoms with van der Waals surface area (Å²) in [5, 5.41) is 5.59. The Morgan fingerprint density at radius 3 is 2.62 bits per heavy atom. The van der Waals surface area contributed by atoms with Crippen LogP contribution in [0.3, 0.4) is 0 Å². The number of para-hydroxylation sites is 1. The number of rotatable bonds is 3. The van der Waals surface area contributed by atoms with Gasteiger partial charge in [0.25, 0.3) is 0 Å². The van der Waals surface area contributed by atoms with Gasteiger partial charge >= 0.3 is 0 Å². The van der Waals surface area contributed by atoms with Crippen molar-refractivity contribution in [2.45, 2.75) is 13.3 Å². The van der Waals surface area contributed by atoms with Crippen LogP contribution in [0, 0.1) is 0 Å². The summed E-state index contributed by atoms with van der Waals surface area (Å²) >= 11 is 1.78. The SMILES string of the molecule is CCc1cc(N2CCN(c3nc4ccccc4s3)CC2)n2nccc2n1. The Labute approximate surface area is 155 Å². The first-order valence-electron chi connectivity index (χ1n) is 9.01. The van der Waals surface area contributed by atoms with Crippen molar-refractivity contribution in [3.63, 3.8) is 0 Å². The van der Waals surface area contributed by atoms with Gasteiger partial charge in [0.2, 0.25) is 0 Å². The molecule has 0 radical (unpaired) electrons. The highest BCUT2D eigenvalue weighted by Crippen LogP contribution is 2.30. The van der Waals surface area contributed by atoms with E-state index in [-0.39, 0.29) is 0 Å². The zero-order chi connectivity index (χ0) is 17.5. The lowest BCUT2D eigenvalue weighted by atomic mass is 10.2. The van der Waals surface area contributed by atoms with Gasteiger partial charge in [0.1, 0.15) is 5.82 Å². The van der Waals surface area contributed by atoms with E-state index < -0.39 is 0 Å². The molecule has 132 valence electrons. The first-order chi connectivity index (χ1) is 12.8. The van der Waals surface area contributed by atoms with Crippen LogP contribution >= 0.6 is 11.3 Å². The second-order valence-electron chi connectivity index (χ2n) is 6.50. The maximum atomic E-state index is 4.80. The Kier molecular flexibility index (Phi) is 3.74. The fourth-order valence-electron chi connectivity index (χ4n) is 3.48. The highest BCUT2D eigenvalue weighted by Gasteiger charge is 2.22. The van der Waals surface area contributed by atoms with Crippen molar-refractivity contribution < 1.29 is 0 Å². The lowest BCUT2D eigenvalue weighted by Crippen LogP contribution is -2.47. The number of thiazole rings is 1. The molecule has 26 heavy (non-hydrogen) atoms. The number of anilines is 2. The van der Waals surface area contributed by atoms with Crippen LogP contribution in [0.15, 0.2) is 42.6 Å². The van der Waals surface area contributed by atoms with Crippen molar-refractivity contribution in [1.82, 2.24) is 19.6 Å². The van der Waals surface area contributed by atoms with Crippen LogP contribution in [0.2, 0.25) is 0 Å². The molecule has 1 saturated heterocycles. The normalized spacial score (nSPS) is 15.3. The molecule has 0 amide bonds. The quantitative estimate of drug-likeness (QED) is 0.559. The summed E-state index contributed by atoms with van der Waals surface area (Å²) in [6.45, 7) is 5.99. The monoisotopic (exact) mass is 364 g/mol. The molecule has 0 N–H and O–H groups in total. The van der Waals surface area contributed by atoms with E-state index in [0.717, 1.165) is 60.4 Å². The van der Waals surface area contributed by atoms with Gasteiger partial charge in [-0.05, 0) is 18.6 Å². The number of nitrogens with zero attached hydrogens (tertiary/aromatic N) is 6. The van der Waals surface area contributed by atoms with Gasteiger partial charge in [0.05, 0.1) is 16.4 Å². The molecule has 6 nitrogen and oxygen atoms in total. The van der Waals surface area contributed by atoms with E-state index in [1.54, 1.807) is 11.3 Å².